The monoisotopic (exact) mass is 290 g/mol. The van der Waals surface area contributed by atoms with Crippen molar-refractivity contribution in [1.29, 1.82) is 0 Å². The molecule has 1 aromatic rings. The molecule has 0 radical (unpaired) electrons. The molecule has 5 heteroatoms. The predicted octanol–water partition coefficient (Wildman–Crippen LogP) is 5.23. The van der Waals surface area contributed by atoms with Gasteiger partial charge in [0.25, 0.3) is 0 Å². The van der Waals surface area contributed by atoms with E-state index in [0.29, 0.717) is 5.92 Å². The molecule has 0 aliphatic heterocycles. The van der Waals surface area contributed by atoms with Crippen molar-refractivity contribution in [1.82, 2.24) is 0 Å². The van der Waals surface area contributed by atoms with Crippen LogP contribution in [0.15, 0.2) is 22.6 Å². The minimum absolute atomic E-state index is 0.277. The maximum Gasteiger partial charge on any atom is 0.449 e. The highest BCUT2D eigenvalue weighted by Gasteiger charge is 2.34. The van der Waals surface area contributed by atoms with Crippen LogP contribution in [0.25, 0.3) is 6.08 Å². The minimum atomic E-state index is -4.40. The van der Waals surface area contributed by atoms with Crippen LogP contribution in [0.1, 0.15) is 37.2 Å². The van der Waals surface area contributed by atoms with Gasteiger partial charge in [-0.2, -0.15) is 24.9 Å². The fourth-order valence-corrected chi connectivity index (χ4v) is 3.09. The fourth-order valence-electron chi connectivity index (χ4n) is 2.34. The minimum Gasteiger partial charge on any atom is -0.452 e. The summed E-state index contributed by atoms with van der Waals surface area (Å²) in [6, 6.07) is 2.34. The molecule has 1 fully saturated rings. The molecule has 0 aromatic carbocycles. The standard InChI is InChI=1S/C14H17F3OS/c1-19-12-7-3-10(4-8-12)2-5-11-6-9-13(18-11)14(15,16)17/h2,5-6,9-10,12H,3-4,7-8H2,1H3/b5-2+. The fraction of sp³-hybridized carbons (Fsp3) is 0.571. The third-order valence-electron chi connectivity index (χ3n) is 3.49. The van der Waals surface area contributed by atoms with E-state index in [2.05, 4.69) is 6.26 Å². The van der Waals surface area contributed by atoms with Gasteiger partial charge in [0, 0.05) is 5.25 Å². The molecule has 0 amide bonds. The average Bonchev–Trinajstić information content (AvgIpc) is 2.86. The van der Waals surface area contributed by atoms with Gasteiger partial charge in [-0.3, -0.25) is 0 Å². The quantitative estimate of drug-likeness (QED) is 0.755. The average molecular weight is 290 g/mol. The van der Waals surface area contributed by atoms with Crippen LogP contribution >= 0.6 is 11.8 Å². The van der Waals surface area contributed by atoms with Crippen molar-refractivity contribution in [2.24, 2.45) is 5.92 Å². The molecule has 106 valence electrons. The van der Waals surface area contributed by atoms with E-state index in [1.54, 1.807) is 6.08 Å². The number of hydrogen-bond donors (Lipinski definition) is 0. The second-order valence-corrected chi connectivity index (χ2v) is 5.97. The van der Waals surface area contributed by atoms with Crippen molar-refractivity contribution in [2.75, 3.05) is 6.26 Å². The zero-order valence-electron chi connectivity index (χ0n) is 10.7. The molecule has 2 rings (SSSR count). The molecule has 1 saturated carbocycles. The van der Waals surface area contributed by atoms with Gasteiger partial charge in [-0.05, 0) is 56.1 Å². The van der Waals surface area contributed by atoms with Gasteiger partial charge in [0.1, 0.15) is 5.76 Å². The number of thioether (sulfide) groups is 1. The predicted molar refractivity (Wildman–Crippen MR) is 72.0 cm³/mol. The Morgan fingerprint density at radius 2 is 1.89 bits per heavy atom. The Labute approximate surface area is 115 Å². The Kier molecular flexibility index (Phi) is 4.66. The molecular formula is C14H17F3OS. The summed E-state index contributed by atoms with van der Waals surface area (Å²) in [4.78, 5) is 0. The summed E-state index contributed by atoms with van der Waals surface area (Å²) in [6.45, 7) is 0. The van der Waals surface area contributed by atoms with E-state index in [1.807, 2.05) is 17.8 Å². The van der Waals surface area contributed by atoms with Crippen molar-refractivity contribution in [3.63, 3.8) is 0 Å². The van der Waals surface area contributed by atoms with Gasteiger partial charge < -0.3 is 4.42 Å². The smallest absolute Gasteiger partial charge is 0.449 e. The van der Waals surface area contributed by atoms with Gasteiger partial charge in [0.15, 0.2) is 0 Å². The zero-order chi connectivity index (χ0) is 13.9. The highest BCUT2D eigenvalue weighted by atomic mass is 32.2. The van der Waals surface area contributed by atoms with Crippen LogP contribution in [0.2, 0.25) is 0 Å². The lowest BCUT2D eigenvalue weighted by Gasteiger charge is -2.25. The SMILES string of the molecule is CSC1CCC(/C=C/c2ccc(C(F)(F)F)o2)CC1. The molecule has 1 aromatic heterocycles. The molecule has 0 unspecified atom stereocenters. The zero-order valence-corrected chi connectivity index (χ0v) is 11.6. The highest BCUT2D eigenvalue weighted by Crippen LogP contribution is 2.33. The first-order valence-electron chi connectivity index (χ1n) is 6.37. The maximum atomic E-state index is 12.4. The lowest BCUT2D eigenvalue weighted by atomic mass is 9.88. The van der Waals surface area contributed by atoms with Crippen molar-refractivity contribution in [2.45, 2.75) is 37.1 Å². The topological polar surface area (TPSA) is 13.1 Å². The second kappa shape index (κ2) is 6.07. The third-order valence-corrected chi connectivity index (χ3v) is 4.63. The number of hydrogen-bond acceptors (Lipinski definition) is 2. The molecular weight excluding hydrogens is 273 g/mol. The number of halogens is 3. The number of furan rings is 1. The Balaban J connectivity index is 1.91. The molecule has 1 aliphatic carbocycles. The summed E-state index contributed by atoms with van der Waals surface area (Å²) in [5, 5.41) is 0.741. The van der Waals surface area contributed by atoms with Crippen LogP contribution in [-0.4, -0.2) is 11.5 Å². The molecule has 19 heavy (non-hydrogen) atoms. The van der Waals surface area contributed by atoms with Crippen molar-refractivity contribution < 1.29 is 17.6 Å². The highest BCUT2D eigenvalue weighted by molar-refractivity contribution is 7.99. The van der Waals surface area contributed by atoms with Gasteiger partial charge in [-0.1, -0.05) is 6.08 Å². The summed E-state index contributed by atoms with van der Waals surface area (Å²) in [5.74, 6) is -0.194. The van der Waals surface area contributed by atoms with E-state index in [4.69, 9.17) is 4.42 Å². The van der Waals surface area contributed by atoms with Gasteiger partial charge in [-0.25, -0.2) is 0 Å². The molecule has 1 heterocycles. The molecule has 0 bridgehead atoms. The summed E-state index contributed by atoms with van der Waals surface area (Å²) in [7, 11) is 0. The molecule has 0 N–H and O–H groups in total. The largest absolute Gasteiger partial charge is 0.452 e. The number of alkyl halides is 3. The Bertz CT molecular complexity index is 428. The Morgan fingerprint density at radius 1 is 1.21 bits per heavy atom. The summed E-state index contributed by atoms with van der Waals surface area (Å²) in [6.07, 6.45) is 5.95. The molecule has 1 aliphatic rings. The van der Waals surface area contributed by atoms with Crippen LogP contribution in [0.3, 0.4) is 0 Å². The van der Waals surface area contributed by atoms with Crippen LogP contribution in [0, 0.1) is 5.92 Å². The summed E-state index contributed by atoms with van der Waals surface area (Å²) < 4.78 is 41.8. The Morgan fingerprint density at radius 3 is 2.42 bits per heavy atom. The van der Waals surface area contributed by atoms with Crippen molar-refractivity contribution in [3.8, 4) is 0 Å². The van der Waals surface area contributed by atoms with Gasteiger partial charge in [-0.15, -0.1) is 0 Å². The van der Waals surface area contributed by atoms with E-state index in [1.165, 1.54) is 18.9 Å². The normalized spacial score (nSPS) is 25.1. The first-order valence-corrected chi connectivity index (χ1v) is 7.66. The van der Waals surface area contributed by atoms with Crippen LogP contribution in [0.5, 0.6) is 0 Å². The summed E-state index contributed by atoms with van der Waals surface area (Å²) >= 11 is 1.90. The van der Waals surface area contributed by atoms with E-state index in [9.17, 15) is 13.2 Å². The van der Waals surface area contributed by atoms with Gasteiger partial charge >= 0.3 is 6.18 Å². The first kappa shape index (κ1) is 14.6. The molecule has 1 nitrogen and oxygen atoms in total. The van der Waals surface area contributed by atoms with Gasteiger partial charge in [0.2, 0.25) is 5.76 Å². The lowest BCUT2D eigenvalue weighted by molar-refractivity contribution is -0.153. The molecule has 0 spiro atoms. The Hall–Kier alpha value is -0.840. The second-order valence-electron chi connectivity index (χ2n) is 4.83. The number of allylic oxidation sites excluding steroid dienone is 1. The van der Waals surface area contributed by atoms with E-state index >= 15 is 0 Å². The first-order chi connectivity index (χ1) is 8.99. The third kappa shape index (κ3) is 4.06. The maximum absolute atomic E-state index is 12.4. The van der Waals surface area contributed by atoms with E-state index in [0.717, 1.165) is 24.2 Å². The van der Waals surface area contributed by atoms with Crippen LogP contribution in [0.4, 0.5) is 13.2 Å². The van der Waals surface area contributed by atoms with E-state index in [-0.39, 0.29) is 5.76 Å². The molecule has 0 atom stereocenters. The van der Waals surface area contributed by atoms with Crippen molar-refractivity contribution >= 4 is 17.8 Å². The lowest BCUT2D eigenvalue weighted by Crippen LogP contribution is -2.14. The van der Waals surface area contributed by atoms with Crippen LogP contribution in [-0.2, 0) is 6.18 Å². The van der Waals surface area contributed by atoms with E-state index < -0.39 is 11.9 Å². The summed E-state index contributed by atoms with van der Waals surface area (Å²) in [5.41, 5.74) is 0. The van der Waals surface area contributed by atoms with Gasteiger partial charge in [0.05, 0.1) is 0 Å². The van der Waals surface area contributed by atoms with Crippen molar-refractivity contribution in [3.05, 3.63) is 29.7 Å². The molecule has 0 saturated heterocycles. The number of rotatable bonds is 3. The van der Waals surface area contributed by atoms with Crippen LogP contribution < -0.4 is 0 Å².